The maximum absolute atomic E-state index is 4.70. The van der Waals surface area contributed by atoms with Crippen LogP contribution in [0.2, 0.25) is 0 Å². The summed E-state index contributed by atoms with van der Waals surface area (Å²) in [6, 6.07) is 12.9. The Morgan fingerprint density at radius 1 is 1.12 bits per heavy atom. The van der Waals surface area contributed by atoms with E-state index in [9.17, 15) is 0 Å². The number of anilines is 1. The minimum absolute atomic E-state index is 0.442. The van der Waals surface area contributed by atoms with Crippen molar-refractivity contribution in [3.63, 3.8) is 0 Å². The highest BCUT2D eigenvalue weighted by Gasteiger charge is 2.30. The molecule has 1 aliphatic heterocycles. The fraction of sp³-hybridized carbons (Fsp3) is 0.421. The van der Waals surface area contributed by atoms with E-state index in [0.717, 1.165) is 36.7 Å². The first-order valence-corrected chi connectivity index (χ1v) is 8.85. The third-order valence-electron chi connectivity index (χ3n) is 4.99. The first kappa shape index (κ1) is 16.0. The summed E-state index contributed by atoms with van der Waals surface area (Å²) in [5.74, 6) is 2.28. The van der Waals surface area contributed by atoms with Gasteiger partial charge in [0.25, 0.3) is 5.78 Å². The Bertz CT molecular complexity index is 857. The van der Waals surface area contributed by atoms with E-state index in [4.69, 9.17) is 4.98 Å². The molecule has 130 valence electrons. The smallest absolute Gasteiger partial charge is 0.254 e. The van der Waals surface area contributed by atoms with Gasteiger partial charge < -0.3 is 9.80 Å². The van der Waals surface area contributed by atoms with Crippen molar-refractivity contribution in [2.24, 2.45) is 5.92 Å². The Labute approximate surface area is 148 Å². The first-order chi connectivity index (χ1) is 12.1. The molecule has 3 heterocycles. The van der Waals surface area contributed by atoms with Crippen molar-refractivity contribution in [1.82, 2.24) is 24.5 Å². The maximum Gasteiger partial charge on any atom is 0.254 e. The van der Waals surface area contributed by atoms with E-state index in [1.807, 2.05) is 22.7 Å². The molecule has 2 aromatic heterocycles. The average Bonchev–Trinajstić information content (AvgIpc) is 3.10. The van der Waals surface area contributed by atoms with Gasteiger partial charge in [0.2, 0.25) is 0 Å². The molecule has 6 heteroatoms. The number of rotatable bonds is 3. The van der Waals surface area contributed by atoms with Gasteiger partial charge in [0, 0.05) is 37.3 Å². The molecule has 0 bridgehead atoms. The molecular weight excluding hydrogens is 312 g/mol. The zero-order valence-corrected chi connectivity index (χ0v) is 15.0. The lowest BCUT2D eigenvalue weighted by molar-refractivity contribution is 0.235. The van der Waals surface area contributed by atoms with Gasteiger partial charge in [0.05, 0.1) is 5.69 Å². The molecule has 1 fully saturated rings. The Kier molecular flexibility index (Phi) is 4.13. The lowest BCUT2D eigenvalue weighted by Crippen LogP contribution is -2.54. The molecule has 4 rings (SSSR count). The van der Waals surface area contributed by atoms with Crippen molar-refractivity contribution >= 4 is 11.6 Å². The molecule has 1 aliphatic rings. The summed E-state index contributed by atoms with van der Waals surface area (Å²) >= 11 is 0. The van der Waals surface area contributed by atoms with E-state index in [2.05, 4.69) is 59.0 Å². The molecule has 0 saturated carbocycles. The van der Waals surface area contributed by atoms with Crippen molar-refractivity contribution in [1.29, 1.82) is 0 Å². The summed E-state index contributed by atoms with van der Waals surface area (Å²) in [5.41, 5.74) is 2.04. The van der Waals surface area contributed by atoms with Crippen LogP contribution in [0.5, 0.6) is 0 Å². The van der Waals surface area contributed by atoms with E-state index in [1.165, 1.54) is 0 Å². The Morgan fingerprint density at radius 3 is 2.68 bits per heavy atom. The van der Waals surface area contributed by atoms with Crippen LogP contribution in [0.25, 0.3) is 17.0 Å². The van der Waals surface area contributed by atoms with E-state index >= 15 is 0 Å². The summed E-state index contributed by atoms with van der Waals surface area (Å²) in [7, 11) is 2.19. The predicted molar refractivity (Wildman–Crippen MR) is 99.7 cm³/mol. The summed E-state index contributed by atoms with van der Waals surface area (Å²) in [5, 5.41) is 4.43. The Balaban J connectivity index is 1.84. The van der Waals surface area contributed by atoms with Crippen molar-refractivity contribution < 1.29 is 0 Å². The number of aromatic nitrogens is 4. The van der Waals surface area contributed by atoms with Crippen molar-refractivity contribution in [3.8, 4) is 11.3 Å². The Morgan fingerprint density at radius 2 is 1.92 bits per heavy atom. The average molecular weight is 336 g/mol. The quantitative estimate of drug-likeness (QED) is 0.736. The van der Waals surface area contributed by atoms with Crippen molar-refractivity contribution in [2.75, 3.05) is 31.6 Å². The molecule has 0 amide bonds. The predicted octanol–water partition coefficient (Wildman–Crippen LogP) is 2.57. The second-order valence-corrected chi connectivity index (χ2v) is 7.10. The lowest BCUT2D eigenvalue weighted by Gasteiger charge is -2.43. The molecule has 6 nitrogen and oxygen atoms in total. The summed E-state index contributed by atoms with van der Waals surface area (Å²) in [4.78, 5) is 13.9. The molecule has 1 aromatic carbocycles. The highest BCUT2D eigenvalue weighted by Crippen LogP contribution is 2.28. The first-order valence-electron chi connectivity index (χ1n) is 8.85. The second kappa shape index (κ2) is 6.44. The Hall–Kier alpha value is -2.47. The highest BCUT2D eigenvalue weighted by atomic mass is 15.4. The molecule has 0 spiro atoms. The number of piperazine rings is 1. The van der Waals surface area contributed by atoms with Crippen LogP contribution in [-0.4, -0.2) is 57.2 Å². The lowest BCUT2D eigenvalue weighted by atomic mass is 9.99. The minimum atomic E-state index is 0.442. The number of nitrogens with zero attached hydrogens (tertiary/aromatic N) is 6. The largest absolute Gasteiger partial charge is 0.351 e. The molecule has 25 heavy (non-hydrogen) atoms. The zero-order valence-electron chi connectivity index (χ0n) is 15.0. The number of benzene rings is 1. The van der Waals surface area contributed by atoms with E-state index < -0.39 is 0 Å². The molecule has 0 N–H and O–H groups in total. The van der Waals surface area contributed by atoms with Gasteiger partial charge in [0.15, 0.2) is 0 Å². The molecule has 0 radical (unpaired) electrons. The number of hydrogen-bond acceptors (Lipinski definition) is 5. The van der Waals surface area contributed by atoms with E-state index in [-0.39, 0.29) is 0 Å². The summed E-state index contributed by atoms with van der Waals surface area (Å²) in [6.45, 7) is 7.65. The number of hydrogen-bond donors (Lipinski definition) is 0. The molecule has 3 aromatic rings. The van der Waals surface area contributed by atoms with Crippen LogP contribution in [0.15, 0.2) is 42.7 Å². The topological polar surface area (TPSA) is 49.6 Å². The monoisotopic (exact) mass is 336 g/mol. The third kappa shape index (κ3) is 2.98. The molecule has 1 unspecified atom stereocenters. The molecular formula is C19H24N6. The minimum Gasteiger partial charge on any atom is -0.351 e. The van der Waals surface area contributed by atoms with Crippen molar-refractivity contribution in [2.45, 2.75) is 19.9 Å². The molecule has 0 aliphatic carbocycles. The molecule has 1 atom stereocenters. The van der Waals surface area contributed by atoms with Crippen LogP contribution in [0.4, 0.5) is 5.82 Å². The van der Waals surface area contributed by atoms with Gasteiger partial charge in [-0.2, -0.15) is 14.6 Å². The van der Waals surface area contributed by atoms with Crippen LogP contribution in [0, 0.1) is 5.92 Å². The number of fused-ring (bicyclic) bond motifs is 1. The normalized spacial score (nSPS) is 19.0. The van der Waals surface area contributed by atoms with E-state index in [0.29, 0.717) is 17.7 Å². The van der Waals surface area contributed by atoms with Crippen LogP contribution in [0.1, 0.15) is 13.8 Å². The van der Waals surface area contributed by atoms with E-state index in [1.54, 1.807) is 6.33 Å². The highest BCUT2D eigenvalue weighted by molar-refractivity contribution is 5.66. The second-order valence-electron chi connectivity index (χ2n) is 7.10. The van der Waals surface area contributed by atoms with Gasteiger partial charge in [-0.05, 0) is 13.0 Å². The summed E-state index contributed by atoms with van der Waals surface area (Å²) in [6.07, 6.45) is 1.58. The summed E-state index contributed by atoms with van der Waals surface area (Å²) < 4.78 is 1.87. The van der Waals surface area contributed by atoms with Gasteiger partial charge in [-0.3, -0.25) is 0 Å². The number of likely N-dealkylation sites (N-methyl/N-ethyl adjacent to an activating group) is 1. The maximum atomic E-state index is 4.70. The van der Waals surface area contributed by atoms with Crippen molar-refractivity contribution in [3.05, 3.63) is 42.7 Å². The molecule has 1 saturated heterocycles. The van der Waals surface area contributed by atoms with Crippen LogP contribution < -0.4 is 4.90 Å². The fourth-order valence-corrected chi connectivity index (χ4v) is 3.57. The SMILES string of the molecule is CC(C)C1CN(C)CCN1c1cc(-c2ccccc2)nc2ncnn12. The standard InChI is InChI=1S/C19H24N6/c1-14(2)17-12-23(3)9-10-24(17)18-11-16(15-7-5-4-6-8-15)22-19-20-13-21-25(18)19/h4-8,11,13-14,17H,9-10,12H2,1-3H3. The van der Waals surface area contributed by atoms with Gasteiger partial charge in [0.1, 0.15) is 12.1 Å². The van der Waals surface area contributed by atoms with Gasteiger partial charge >= 0.3 is 0 Å². The van der Waals surface area contributed by atoms with Gasteiger partial charge in [-0.25, -0.2) is 4.98 Å². The van der Waals surface area contributed by atoms with Crippen LogP contribution in [0.3, 0.4) is 0 Å². The zero-order chi connectivity index (χ0) is 17.4. The van der Waals surface area contributed by atoms with Gasteiger partial charge in [-0.15, -0.1) is 0 Å². The van der Waals surface area contributed by atoms with Gasteiger partial charge in [-0.1, -0.05) is 44.2 Å². The van der Waals surface area contributed by atoms with Crippen LogP contribution >= 0.6 is 0 Å². The van der Waals surface area contributed by atoms with Crippen LogP contribution in [-0.2, 0) is 0 Å². The fourth-order valence-electron chi connectivity index (χ4n) is 3.57. The third-order valence-corrected chi connectivity index (χ3v) is 4.99.